The number of hydrogen-bond acceptors (Lipinski definition) is 5. The highest BCUT2D eigenvalue weighted by Crippen LogP contribution is 2.24. The molecule has 0 saturated heterocycles. The third kappa shape index (κ3) is 4.76. The molecule has 5 N–H and O–H groups in total. The molecule has 0 heterocycles. The van der Waals surface area contributed by atoms with Crippen molar-refractivity contribution in [3.8, 4) is 0 Å². The predicted molar refractivity (Wildman–Crippen MR) is 76.4 cm³/mol. The molecular weight excluding hydrogens is 284 g/mol. The standard InChI is InChI=1S/C11H16N4O4S/c1-3-19-10(16)7-4-5-8(15-20(2,17)18)9(6-7)14-11(12)13/h4-6,15H,3H2,1-2H3,(H4,12,13,14). The maximum Gasteiger partial charge on any atom is 0.338 e. The molecule has 9 heteroatoms. The SMILES string of the molecule is CCOC(=O)c1ccc(NS(C)(=O)=O)c(NC(=N)N)c1. The van der Waals surface area contributed by atoms with E-state index in [4.69, 9.17) is 15.9 Å². The lowest BCUT2D eigenvalue weighted by atomic mass is 10.1. The smallest absolute Gasteiger partial charge is 0.338 e. The Hall–Kier alpha value is -2.29. The fraction of sp³-hybridized carbons (Fsp3) is 0.273. The first-order valence-electron chi connectivity index (χ1n) is 5.63. The number of nitrogens with one attached hydrogen (secondary N) is 3. The van der Waals surface area contributed by atoms with Gasteiger partial charge in [-0.15, -0.1) is 0 Å². The number of benzene rings is 1. The molecule has 1 rings (SSSR count). The zero-order chi connectivity index (χ0) is 15.3. The van der Waals surface area contributed by atoms with Gasteiger partial charge in [-0.1, -0.05) is 0 Å². The Morgan fingerprint density at radius 2 is 2.05 bits per heavy atom. The normalized spacial score (nSPS) is 10.7. The molecule has 0 radical (unpaired) electrons. The van der Waals surface area contributed by atoms with Gasteiger partial charge in [-0.2, -0.15) is 0 Å². The molecule has 0 aliphatic carbocycles. The zero-order valence-corrected chi connectivity index (χ0v) is 11.9. The molecule has 110 valence electrons. The first-order valence-corrected chi connectivity index (χ1v) is 7.52. The molecule has 8 nitrogen and oxygen atoms in total. The van der Waals surface area contributed by atoms with Crippen molar-refractivity contribution in [1.29, 1.82) is 5.41 Å². The summed E-state index contributed by atoms with van der Waals surface area (Å²) in [5.41, 5.74) is 5.80. The molecule has 0 saturated carbocycles. The van der Waals surface area contributed by atoms with E-state index in [1.54, 1.807) is 6.92 Å². The monoisotopic (exact) mass is 300 g/mol. The molecule has 0 aromatic heterocycles. The summed E-state index contributed by atoms with van der Waals surface area (Å²) < 4.78 is 29.6. The topological polar surface area (TPSA) is 134 Å². The summed E-state index contributed by atoms with van der Waals surface area (Å²) in [5, 5.41) is 9.65. The fourth-order valence-electron chi connectivity index (χ4n) is 1.42. The van der Waals surface area contributed by atoms with E-state index in [1.165, 1.54) is 18.2 Å². The summed E-state index contributed by atoms with van der Waals surface area (Å²) in [6.45, 7) is 1.89. The predicted octanol–water partition coefficient (Wildman–Crippen LogP) is 0.540. The second kappa shape index (κ2) is 6.24. The van der Waals surface area contributed by atoms with Crippen molar-refractivity contribution in [3.05, 3.63) is 23.8 Å². The molecule has 0 fully saturated rings. The zero-order valence-electron chi connectivity index (χ0n) is 11.1. The van der Waals surface area contributed by atoms with Crippen LogP contribution in [0.2, 0.25) is 0 Å². The molecule has 0 atom stereocenters. The molecule has 20 heavy (non-hydrogen) atoms. The lowest BCUT2D eigenvalue weighted by Gasteiger charge is -2.13. The Labute approximate surface area is 116 Å². The number of ether oxygens (including phenoxy) is 1. The van der Waals surface area contributed by atoms with E-state index >= 15 is 0 Å². The molecule has 0 spiro atoms. The number of carbonyl (C=O) groups is 1. The number of nitrogens with two attached hydrogens (primary N) is 1. The summed E-state index contributed by atoms with van der Waals surface area (Å²) >= 11 is 0. The summed E-state index contributed by atoms with van der Waals surface area (Å²) in [5.74, 6) is -0.937. The largest absolute Gasteiger partial charge is 0.462 e. The van der Waals surface area contributed by atoms with Crippen LogP contribution in [0.15, 0.2) is 18.2 Å². The first-order chi connectivity index (χ1) is 9.23. The molecule has 0 bridgehead atoms. The van der Waals surface area contributed by atoms with Crippen LogP contribution in [0.3, 0.4) is 0 Å². The van der Waals surface area contributed by atoms with Crippen molar-refractivity contribution in [2.24, 2.45) is 5.73 Å². The third-order valence-electron chi connectivity index (χ3n) is 2.10. The van der Waals surface area contributed by atoms with E-state index in [1.807, 2.05) is 0 Å². The number of sulfonamides is 1. The van der Waals surface area contributed by atoms with Crippen LogP contribution in [0, 0.1) is 5.41 Å². The Kier molecular flexibility index (Phi) is 4.92. The van der Waals surface area contributed by atoms with Gasteiger partial charge in [0.15, 0.2) is 5.96 Å². The Morgan fingerprint density at radius 3 is 2.55 bits per heavy atom. The van der Waals surface area contributed by atoms with Crippen molar-refractivity contribution in [2.75, 3.05) is 22.9 Å². The van der Waals surface area contributed by atoms with E-state index < -0.39 is 16.0 Å². The van der Waals surface area contributed by atoms with E-state index in [0.717, 1.165) is 6.26 Å². The van der Waals surface area contributed by atoms with Crippen LogP contribution in [-0.2, 0) is 14.8 Å². The number of rotatable bonds is 5. The van der Waals surface area contributed by atoms with E-state index in [0.29, 0.717) is 0 Å². The lowest BCUT2D eigenvalue weighted by Crippen LogP contribution is -2.22. The summed E-state index contributed by atoms with van der Waals surface area (Å²) in [6, 6.07) is 4.16. The van der Waals surface area contributed by atoms with Crippen molar-refractivity contribution < 1.29 is 17.9 Å². The van der Waals surface area contributed by atoms with Crippen LogP contribution in [0.5, 0.6) is 0 Å². The van der Waals surface area contributed by atoms with Gasteiger partial charge in [0.1, 0.15) is 0 Å². The van der Waals surface area contributed by atoms with Gasteiger partial charge in [-0.25, -0.2) is 13.2 Å². The molecule has 1 aromatic rings. The number of anilines is 2. The summed E-state index contributed by atoms with van der Waals surface area (Å²) in [7, 11) is -3.50. The van der Waals surface area contributed by atoms with Crippen molar-refractivity contribution in [1.82, 2.24) is 0 Å². The number of carbonyl (C=O) groups excluding carboxylic acids is 1. The molecule has 0 unspecified atom stereocenters. The van der Waals surface area contributed by atoms with Crippen LogP contribution < -0.4 is 15.8 Å². The minimum absolute atomic E-state index is 0.177. The van der Waals surface area contributed by atoms with Gasteiger partial charge < -0.3 is 15.8 Å². The van der Waals surface area contributed by atoms with Gasteiger partial charge in [-0.05, 0) is 25.1 Å². The second-order valence-corrected chi connectivity index (χ2v) is 5.64. The average molecular weight is 300 g/mol. The fourth-order valence-corrected chi connectivity index (χ4v) is 2.00. The number of hydrogen-bond donors (Lipinski definition) is 4. The minimum atomic E-state index is -3.50. The van der Waals surface area contributed by atoms with Crippen molar-refractivity contribution in [2.45, 2.75) is 6.92 Å². The minimum Gasteiger partial charge on any atom is -0.462 e. The highest BCUT2D eigenvalue weighted by atomic mass is 32.2. The van der Waals surface area contributed by atoms with Crippen LogP contribution in [0.25, 0.3) is 0 Å². The summed E-state index contributed by atoms with van der Waals surface area (Å²) in [4.78, 5) is 11.6. The van der Waals surface area contributed by atoms with Gasteiger partial charge in [0.2, 0.25) is 10.0 Å². The lowest BCUT2D eigenvalue weighted by molar-refractivity contribution is 0.0526. The molecular formula is C11H16N4O4S. The van der Waals surface area contributed by atoms with Gasteiger partial charge in [0.05, 0.1) is 29.8 Å². The van der Waals surface area contributed by atoms with Gasteiger partial charge in [0, 0.05) is 0 Å². The highest BCUT2D eigenvalue weighted by Gasteiger charge is 2.13. The molecule has 0 aliphatic heterocycles. The number of esters is 1. The first kappa shape index (κ1) is 15.8. The van der Waals surface area contributed by atoms with E-state index in [-0.39, 0.29) is 29.5 Å². The van der Waals surface area contributed by atoms with Crippen LogP contribution in [0.1, 0.15) is 17.3 Å². The second-order valence-electron chi connectivity index (χ2n) is 3.89. The van der Waals surface area contributed by atoms with Crippen molar-refractivity contribution in [3.63, 3.8) is 0 Å². The molecule has 0 amide bonds. The quantitative estimate of drug-likeness (QED) is 0.356. The summed E-state index contributed by atoms with van der Waals surface area (Å²) in [6.07, 6.45) is 0.990. The van der Waals surface area contributed by atoms with Gasteiger partial charge in [0.25, 0.3) is 0 Å². The Bertz CT molecular complexity index is 627. The van der Waals surface area contributed by atoms with E-state index in [9.17, 15) is 13.2 Å². The molecule has 1 aromatic carbocycles. The van der Waals surface area contributed by atoms with Gasteiger partial charge >= 0.3 is 5.97 Å². The maximum absolute atomic E-state index is 11.6. The van der Waals surface area contributed by atoms with Crippen LogP contribution in [0.4, 0.5) is 11.4 Å². The highest BCUT2D eigenvalue weighted by molar-refractivity contribution is 7.92. The Balaban J connectivity index is 3.19. The van der Waals surface area contributed by atoms with Crippen LogP contribution in [-0.4, -0.2) is 33.2 Å². The molecule has 0 aliphatic rings. The number of guanidine groups is 1. The Morgan fingerprint density at radius 1 is 1.40 bits per heavy atom. The van der Waals surface area contributed by atoms with E-state index in [2.05, 4.69) is 10.0 Å². The third-order valence-corrected chi connectivity index (χ3v) is 2.69. The van der Waals surface area contributed by atoms with Gasteiger partial charge in [-0.3, -0.25) is 10.1 Å². The maximum atomic E-state index is 11.6. The van der Waals surface area contributed by atoms with Crippen molar-refractivity contribution >= 4 is 33.3 Å². The van der Waals surface area contributed by atoms with Crippen LogP contribution >= 0.6 is 0 Å². The average Bonchev–Trinajstić information content (AvgIpc) is 2.29.